The quantitative estimate of drug-likeness (QED) is 0.917. The van der Waals surface area contributed by atoms with Gasteiger partial charge in [0, 0.05) is 18.7 Å². The SMILES string of the molecule is Cc1nnc(NC(=O)c2ccc(C(F)F)c(S(C)=O)c2Cl)o1. The van der Waals surface area contributed by atoms with Gasteiger partial charge in [-0.25, -0.2) is 8.78 Å². The highest BCUT2D eigenvalue weighted by molar-refractivity contribution is 7.84. The Balaban J connectivity index is 2.41. The first-order chi connectivity index (χ1) is 10.3. The van der Waals surface area contributed by atoms with Crippen LogP contribution in [0.15, 0.2) is 21.4 Å². The number of benzene rings is 1. The van der Waals surface area contributed by atoms with E-state index in [1.165, 1.54) is 13.2 Å². The molecule has 1 heterocycles. The summed E-state index contributed by atoms with van der Waals surface area (Å²) in [6.07, 6.45) is -1.65. The van der Waals surface area contributed by atoms with Crippen LogP contribution in [-0.4, -0.2) is 26.6 Å². The van der Waals surface area contributed by atoms with Gasteiger partial charge in [-0.15, -0.1) is 5.10 Å². The number of alkyl halides is 2. The number of hydrogen-bond donors (Lipinski definition) is 1. The van der Waals surface area contributed by atoms with Crippen molar-refractivity contribution in [3.63, 3.8) is 0 Å². The number of rotatable bonds is 4. The third-order valence-electron chi connectivity index (χ3n) is 2.64. The molecule has 0 aliphatic carbocycles. The summed E-state index contributed by atoms with van der Waals surface area (Å²) in [5.74, 6) is -0.494. The number of carbonyl (C=O) groups is 1. The Labute approximate surface area is 131 Å². The number of nitrogens with zero attached hydrogens (tertiary/aromatic N) is 2. The topological polar surface area (TPSA) is 85.1 Å². The zero-order valence-electron chi connectivity index (χ0n) is 11.4. The van der Waals surface area contributed by atoms with E-state index in [-0.39, 0.29) is 27.4 Å². The van der Waals surface area contributed by atoms with Gasteiger partial charge in [-0.2, -0.15) is 0 Å². The molecular weight excluding hydrogens is 340 g/mol. The van der Waals surface area contributed by atoms with E-state index in [2.05, 4.69) is 15.5 Å². The summed E-state index contributed by atoms with van der Waals surface area (Å²) in [4.78, 5) is 11.8. The van der Waals surface area contributed by atoms with Crippen molar-refractivity contribution in [2.45, 2.75) is 18.2 Å². The third kappa shape index (κ3) is 3.30. The molecule has 0 bridgehead atoms. The lowest BCUT2D eigenvalue weighted by atomic mass is 10.1. The second kappa shape index (κ2) is 6.49. The molecule has 1 unspecified atom stereocenters. The van der Waals surface area contributed by atoms with Crippen molar-refractivity contribution in [2.75, 3.05) is 11.6 Å². The van der Waals surface area contributed by atoms with Gasteiger partial charge in [-0.3, -0.25) is 14.3 Å². The van der Waals surface area contributed by atoms with E-state index in [0.29, 0.717) is 0 Å². The minimum Gasteiger partial charge on any atom is -0.408 e. The fraction of sp³-hybridized carbons (Fsp3) is 0.250. The maximum atomic E-state index is 12.9. The maximum Gasteiger partial charge on any atom is 0.322 e. The molecular formula is C12H10ClF2N3O3S. The molecule has 0 radical (unpaired) electrons. The second-order valence-electron chi connectivity index (χ2n) is 4.18. The largest absolute Gasteiger partial charge is 0.408 e. The Hall–Kier alpha value is -1.87. The number of carbonyl (C=O) groups excluding carboxylic acids is 1. The minimum atomic E-state index is -2.85. The average Bonchev–Trinajstić information content (AvgIpc) is 2.82. The molecule has 0 aliphatic heterocycles. The van der Waals surface area contributed by atoms with Crippen LogP contribution in [0.5, 0.6) is 0 Å². The van der Waals surface area contributed by atoms with E-state index in [9.17, 15) is 17.8 Å². The molecule has 2 rings (SSSR count). The monoisotopic (exact) mass is 349 g/mol. The van der Waals surface area contributed by atoms with E-state index < -0.39 is 28.7 Å². The van der Waals surface area contributed by atoms with Crippen LogP contribution >= 0.6 is 11.6 Å². The first-order valence-electron chi connectivity index (χ1n) is 5.86. The second-order valence-corrected chi connectivity index (χ2v) is 5.88. The van der Waals surface area contributed by atoms with Crippen molar-refractivity contribution in [3.05, 3.63) is 34.2 Å². The van der Waals surface area contributed by atoms with Gasteiger partial charge < -0.3 is 4.42 Å². The van der Waals surface area contributed by atoms with Crippen LogP contribution in [0, 0.1) is 6.92 Å². The van der Waals surface area contributed by atoms with E-state index in [1.807, 2.05) is 0 Å². The molecule has 6 nitrogen and oxygen atoms in total. The molecule has 22 heavy (non-hydrogen) atoms. The zero-order chi connectivity index (χ0) is 16.4. The molecule has 0 saturated carbocycles. The molecule has 1 aromatic heterocycles. The van der Waals surface area contributed by atoms with Gasteiger partial charge in [0.1, 0.15) is 0 Å². The summed E-state index contributed by atoms with van der Waals surface area (Å²) in [6, 6.07) is 1.98. The van der Waals surface area contributed by atoms with Crippen molar-refractivity contribution in [2.24, 2.45) is 0 Å². The summed E-state index contributed by atoms with van der Waals surface area (Å²) in [5.41, 5.74) is -0.594. The predicted molar refractivity (Wildman–Crippen MR) is 75.7 cm³/mol. The van der Waals surface area contributed by atoms with Gasteiger partial charge in [-0.1, -0.05) is 22.8 Å². The number of halogens is 3. The van der Waals surface area contributed by atoms with Crippen LogP contribution in [0.25, 0.3) is 0 Å². The van der Waals surface area contributed by atoms with Crippen molar-refractivity contribution in [1.82, 2.24) is 10.2 Å². The summed E-state index contributed by atoms with van der Waals surface area (Å²) in [5, 5.41) is 9.09. The molecule has 2 aromatic rings. The van der Waals surface area contributed by atoms with Crippen molar-refractivity contribution in [1.29, 1.82) is 0 Å². The molecule has 1 aromatic carbocycles. The van der Waals surface area contributed by atoms with Gasteiger partial charge in [0.2, 0.25) is 5.89 Å². The first kappa shape index (κ1) is 16.5. The van der Waals surface area contributed by atoms with Crippen LogP contribution in [0.1, 0.15) is 28.2 Å². The van der Waals surface area contributed by atoms with E-state index in [1.54, 1.807) is 0 Å². The molecule has 0 saturated heterocycles. The van der Waals surface area contributed by atoms with E-state index in [4.69, 9.17) is 16.0 Å². The number of aromatic nitrogens is 2. The van der Waals surface area contributed by atoms with Crippen LogP contribution in [0.2, 0.25) is 5.02 Å². The summed E-state index contributed by atoms with van der Waals surface area (Å²) in [7, 11) is -1.79. The molecule has 0 aliphatic rings. The Bertz CT molecular complexity index is 751. The standard InChI is InChI=1S/C12H10ClF2N3O3S/c1-5-17-18-12(21-5)16-11(19)6-3-4-7(10(14)15)9(8(6)13)22(2)20/h3-4,10H,1-2H3,(H,16,18,19). The number of amides is 1. The number of anilines is 1. The van der Waals surface area contributed by atoms with Crippen LogP contribution in [0.3, 0.4) is 0 Å². The van der Waals surface area contributed by atoms with Crippen LogP contribution in [0.4, 0.5) is 14.8 Å². The van der Waals surface area contributed by atoms with Crippen molar-refractivity contribution < 1.29 is 22.2 Å². The average molecular weight is 350 g/mol. The Morgan fingerprint density at radius 2 is 2.09 bits per heavy atom. The van der Waals surface area contributed by atoms with Crippen molar-refractivity contribution in [3.8, 4) is 0 Å². The highest BCUT2D eigenvalue weighted by atomic mass is 35.5. The fourth-order valence-corrected chi connectivity index (χ4v) is 3.16. The van der Waals surface area contributed by atoms with Gasteiger partial charge in [0.15, 0.2) is 0 Å². The maximum absolute atomic E-state index is 12.9. The lowest BCUT2D eigenvalue weighted by Crippen LogP contribution is -2.14. The summed E-state index contributed by atoms with van der Waals surface area (Å²) in [6.45, 7) is 1.53. The van der Waals surface area contributed by atoms with Gasteiger partial charge >= 0.3 is 6.01 Å². The minimum absolute atomic E-state index is 0.118. The van der Waals surface area contributed by atoms with E-state index in [0.717, 1.165) is 12.1 Å². The highest BCUT2D eigenvalue weighted by Crippen LogP contribution is 2.33. The van der Waals surface area contributed by atoms with Crippen molar-refractivity contribution >= 4 is 34.3 Å². The Morgan fingerprint density at radius 1 is 1.41 bits per heavy atom. The Morgan fingerprint density at radius 3 is 2.59 bits per heavy atom. The molecule has 1 N–H and O–H groups in total. The predicted octanol–water partition coefficient (Wildman–Crippen LogP) is 2.96. The fourth-order valence-electron chi connectivity index (χ4n) is 1.72. The van der Waals surface area contributed by atoms with Crippen LogP contribution < -0.4 is 5.32 Å². The smallest absolute Gasteiger partial charge is 0.322 e. The lowest BCUT2D eigenvalue weighted by molar-refractivity contribution is 0.102. The Kier molecular flexibility index (Phi) is 4.87. The van der Waals surface area contributed by atoms with Crippen LogP contribution in [-0.2, 0) is 10.8 Å². The molecule has 1 atom stereocenters. The molecule has 10 heteroatoms. The van der Waals surface area contributed by atoms with E-state index >= 15 is 0 Å². The summed E-state index contributed by atoms with van der Waals surface area (Å²) >= 11 is 5.97. The first-order valence-corrected chi connectivity index (χ1v) is 7.80. The number of nitrogens with one attached hydrogen (secondary N) is 1. The molecule has 1 amide bonds. The summed E-state index contributed by atoms with van der Waals surface area (Å²) < 4.78 is 42.5. The molecule has 0 fully saturated rings. The zero-order valence-corrected chi connectivity index (χ0v) is 13.0. The lowest BCUT2D eigenvalue weighted by Gasteiger charge is -2.12. The van der Waals surface area contributed by atoms with Gasteiger partial charge in [-0.05, 0) is 6.07 Å². The highest BCUT2D eigenvalue weighted by Gasteiger charge is 2.24. The normalized spacial score (nSPS) is 12.5. The van der Waals surface area contributed by atoms with Gasteiger partial charge in [0.25, 0.3) is 12.3 Å². The number of aryl methyl sites for hydroxylation is 1. The molecule has 118 valence electrons. The third-order valence-corrected chi connectivity index (χ3v) is 4.16. The van der Waals surface area contributed by atoms with Gasteiger partial charge in [0.05, 0.1) is 26.3 Å². The number of hydrogen-bond acceptors (Lipinski definition) is 5. The molecule has 0 spiro atoms.